The molecule has 0 radical (unpaired) electrons. The van der Waals surface area contributed by atoms with E-state index >= 15 is 0 Å². The van der Waals surface area contributed by atoms with Crippen LogP contribution in [0.1, 0.15) is 34.7 Å². The molecule has 5 nitrogen and oxygen atoms in total. The summed E-state index contributed by atoms with van der Waals surface area (Å²) in [4.78, 5) is 16.8. The lowest BCUT2D eigenvalue weighted by molar-refractivity contribution is -0.134. The highest BCUT2D eigenvalue weighted by Gasteiger charge is 2.27. The molecule has 0 amide bonds. The van der Waals surface area contributed by atoms with Crippen LogP contribution in [-0.2, 0) is 22.4 Å². The third kappa shape index (κ3) is 4.70. The van der Waals surface area contributed by atoms with Crippen molar-refractivity contribution in [3.8, 4) is 0 Å². The van der Waals surface area contributed by atoms with Crippen LogP contribution in [-0.4, -0.2) is 47.8 Å². The molecule has 1 atom stereocenters. The van der Waals surface area contributed by atoms with Crippen molar-refractivity contribution < 1.29 is 19.0 Å². The second-order valence-corrected chi connectivity index (χ2v) is 7.88. The molecule has 1 aromatic heterocycles. The number of aromatic nitrogens is 1. The molecular formula is C25H27FN2O3. The number of nitrogens with one attached hydrogen (secondary N) is 1. The molecule has 6 heteroatoms. The van der Waals surface area contributed by atoms with Crippen LogP contribution in [0.25, 0.3) is 17.0 Å². The summed E-state index contributed by atoms with van der Waals surface area (Å²) in [6.45, 7) is 1.51. The molecule has 0 aliphatic heterocycles. The molecule has 2 N–H and O–H groups in total. The second-order valence-electron chi connectivity index (χ2n) is 7.88. The number of H-pyrrole nitrogens is 1. The van der Waals surface area contributed by atoms with E-state index in [1.807, 2.05) is 18.3 Å². The standard InChI is InChI=1S/C25H27FN2O3/c1-31-25(30)9-3-17-2-6-22-18(14-17)4-8-24(22)28(12-13-29)11-10-19-16-27-23-15-20(26)5-7-21(19)23/h2-3,5-7,9,14-16,24,27,29H,4,8,10-13H2,1H3. The summed E-state index contributed by atoms with van der Waals surface area (Å²) in [5.74, 6) is -0.612. The van der Waals surface area contributed by atoms with Crippen LogP contribution in [0.4, 0.5) is 4.39 Å². The molecular weight excluding hydrogens is 395 g/mol. The van der Waals surface area contributed by atoms with Gasteiger partial charge in [-0.25, -0.2) is 9.18 Å². The Morgan fingerprint density at radius 2 is 2.16 bits per heavy atom. The minimum absolute atomic E-state index is 0.102. The molecule has 1 aliphatic carbocycles. The molecule has 1 aliphatic rings. The highest BCUT2D eigenvalue weighted by Crippen LogP contribution is 2.36. The average Bonchev–Trinajstić information content (AvgIpc) is 3.38. The summed E-state index contributed by atoms with van der Waals surface area (Å²) in [5.41, 5.74) is 5.50. The molecule has 31 heavy (non-hydrogen) atoms. The lowest BCUT2D eigenvalue weighted by Crippen LogP contribution is -2.32. The van der Waals surface area contributed by atoms with Crippen molar-refractivity contribution in [2.24, 2.45) is 0 Å². The zero-order valence-corrected chi connectivity index (χ0v) is 17.6. The number of hydrogen-bond donors (Lipinski definition) is 2. The first kappa shape index (κ1) is 21.3. The van der Waals surface area contributed by atoms with Crippen molar-refractivity contribution in [2.45, 2.75) is 25.3 Å². The van der Waals surface area contributed by atoms with Crippen LogP contribution in [0, 0.1) is 5.82 Å². The highest BCUT2D eigenvalue weighted by molar-refractivity contribution is 5.87. The Morgan fingerprint density at radius 1 is 1.29 bits per heavy atom. The molecule has 0 spiro atoms. The summed E-state index contributed by atoms with van der Waals surface area (Å²) >= 11 is 0. The number of nitrogens with zero attached hydrogens (tertiary/aromatic N) is 1. The van der Waals surface area contributed by atoms with Gasteiger partial charge < -0.3 is 14.8 Å². The van der Waals surface area contributed by atoms with Gasteiger partial charge in [0.2, 0.25) is 0 Å². The Balaban J connectivity index is 1.49. The molecule has 1 heterocycles. The fraction of sp³-hybridized carbons (Fsp3) is 0.320. The number of hydrogen-bond acceptors (Lipinski definition) is 4. The maximum absolute atomic E-state index is 13.5. The van der Waals surface area contributed by atoms with Gasteiger partial charge in [-0.2, -0.15) is 0 Å². The van der Waals surface area contributed by atoms with E-state index in [1.165, 1.54) is 36.4 Å². The van der Waals surface area contributed by atoms with Gasteiger partial charge in [-0.3, -0.25) is 4.90 Å². The van der Waals surface area contributed by atoms with Gasteiger partial charge in [0, 0.05) is 42.3 Å². The maximum Gasteiger partial charge on any atom is 0.330 e. The molecule has 0 fully saturated rings. The number of aliphatic hydroxyl groups is 1. The van der Waals surface area contributed by atoms with Gasteiger partial charge >= 0.3 is 5.97 Å². The molecule has 162 valence electrons. The second kappa shape index (κ2) is 9.45. The predicted octanol–water partition coefficient (Wildman–Crippen LogP) is 4.02. The van der Waals surface area contributed by atoms with Crippen LogP contribution in [0.3, 0.4) is 0 Å². The fourth-order valence-corrected chi connectivity index (χ4v) is 4.51. The number of rotatable bonds is 8. The Hall–Kier alpha value is -2.96. The number of carbonyl (C=O) groups excluding carboxylic acids is 1. The number of methoxy groups -OCH3 is 1. The van der Waals surface area contributed by atoms with Crippen molar-refractivity contribution in [1.82, 2.24) is 9.88 Å². The van der Waals surface area contributed by atoms with E-state index in [2.05, 4.69) is 26.8 Å². The van der Waals surface area contributed by atoms with Gasteiger partial charge in [0.05, 0.1) is 13.7 Å². The molecule has 0 saturated carbocycles. The van der Waals surface area contributed by atoms with Crippen LogP contribution >= 0.6 is 0 Å². The van der Waals surface area contributed by atoms with E-state index in [1.54, 1.807) is 6.08 Å². The van der Waals surface area contributed by atoms with Crippen LogP contribution < -0.4 is 0 Å². The number of aryl methyl sites for hydroxylation is 1. The number of aromatic amines is 1. The molecule has 1 unspecified atom stereocenters. The van der Waals surface area contributed by atoms with Gasteiger partial charge in [-0.15, -0.1) is 0 Å². The van der Waals surface area contributed by atoms with Gasteiger partial charge in [0.15, 0.2) is 0 Å². The van der Waals surface area contributed by atoms with Crippen LogP contribution in [0.15, 0.2) is 48.7 Å². The average molecular weight is 423 g/mol. The first-order chi connectivity index (χ1) is 15.1. The molecule has 3 aromatic rings. The largest absolute Gasteiger partial charge is 0.466 e. The minimum Gasteiger partial charge on any atom is -0.466 e. The van der Waals surface area contributed by atoms with Gasteiger partial charge in [-0.1, -0.05) is 18.2 Å². The van der Waals surface area contributed by atoms with Crippen molar-refractivity contribution in [1.29, 1.82) is 0 Å². The van der Waals surface area contributed by atoms with E-state index in [4.69, 9.17) is 0 Å². The van der Waals surface area contributed by atoms with E-state index in [0.29, 0.717) is 6.54 Å². The van der Waals surface area contributed by atoms with E-state index in [-0.39, 0.29) is 24.4 Å². The van der Waals surface area contributed by atoms with Crippen LogP contribution in [0.2, 0.25) is 0 Å². The predicted molar refractivity (Wildman–Crippen MR) is 119 cm³/mol. The Bertz CT molecular complexity index is 1110. The summed E-state index contributed by atoms with van der Waals surface area (Å²) in [5, 5.41) is 10.7. The van der Waals surface area contributed by atoms with E-state index < -0.39 is 0 Å². The molecule has 2 aromatic carbocycles. The minimum atomic E-state index is -0.368. The lowest BCUT2D eigenvalue weighted by Gasteiger charge is -2.29. The summed E-state index contributed by atoms with van der Waals surface area (Å²) in [7, 11) is 1.37. The Morgan fingerprint density at radius 3 is 2.97 bits per heavy atom. The fourth-order valence-electron chi connectivity index (χ4n) is 4.51. The SMILES string of the molecule is COC(=O)C=Cc1ccc2c(c1)CCC2N(CCO)CCc1c[nH]c2cc(F)ccc12. The topological polar surface area (TPSA) is 65.6 Å². The summed E-state index contributed by atoms with van der Waals surface area (Å²) in [6.07, 6.45) is 7.93. The van der Waals surface area contributed by atoms with Crippen molar-refractivity contribution >= 4 is 22.9 Å². The molecule has 0 bridgehead atoms. The Kier molecular flexibility index (Phi) is 6.49. The van der Waals surface area contributed by atoms with Gasteiger partial charge in [0.25, 0.3) is 0 Å². The normalized spacial score (nSPS) is 15.8. The third-order valence-corrected chi connectivity index (χ3v) is 6.05. The monoisotopic (exact) mass is 422 g/mol. The molecule has 4 rings (SSSR count). The third-order valence-electron chi connectivity index (χ3n) is 6.05. The molecule has 0 saturated heterocycles. The number of ether oxygens (including phenoxy) is 1. The van der Waals surface area contributed by atoms with Gasteiger partial charge in [0.1, 0.15) is 5.82 Å². The zero-order chi connectivity index (χ0) is 21.8. The van der Waals surface area contributed by atoms with E-state index in [9.17, 15) is 14.3 Å². The van der Waals surface area contributed by atoms with E-state index in [0.717, 1.165) is 47.8 Å². The number of carbonyl (C=O) groups is 1. The smallest absolute Gasteiger partial charge is 0.330 e. The summed E-state index contributed by atoms with van der Waals surface area (Å²) < 4.78 is 18.1. The number of halogens is 1. The number of aliphatic hydroxyl groups excluding tert-OH is 1. The van der Waals surface area contributed by atoms with Crippen molar-refractivity contribution in [3.63, 3.8) is 0 Å². The van der Waals surface area contributed by atoms with Crippen molar-refractivity contribution in [3.05, 3.63) is 76.7 Å². The maximum atomic E-state index is 13.5. The summed E-state index contributed by atoms with van der Waals surface area (Å²) in [6, 6.07) is 11.4. The zero-order valence-electron chi connectivity index (χ0n) is 17.6. The van der Waals surface area contributed by atoms with Crippen LogP contribution in [0.5, 0.6) is 0 Å². The number of fused-ring (bicyclic) bond motifs is 2. The lowest BCUT2D eigenvalue weighted by atomic mass is 10.0. The van der Waals surface area contributed by atoms with Crippen molar-refractivity contribution in [2.75, 3.05) is 26.8 Å². The van der Waals surface area contributed by atoms with Gasteiger partial charge in [-0.05, 0) is 65.8 Å². The Labute approximate surface area is 181 Å². The first-order valence-corrected chi connectivity index (χ1v) is 10.6. The highest BCUT2D eigenvalue weighted by atomic mass is 19.1. The number of esters is 1. The quantitative estimate of drug-likeness (QED) is 0.425. The number of benzene rings is 2. The first-order valence-electron chi connectivity index (χ1n) is 10.6.